The van der Waals surface area contributed by atoms with Gasteiger partial charge in [0.2, 0.25) is 11.8 Å². The van der Waals surface area contributed by atoms with Crippen LogP contribution in [0.5, 0.6) is 0 Å². The van der Waals surface area contributed by atoms with Crippen molar-refractivity contribution in [3.8, 4) is 0 Å². The molecule has 2 aliphatic rings. The first-order valence-corrected chi connectivity index (χ1v) is 7.46. The zero-order valence-corrected chi connectivity index (χ0v) is 12.0. The van der Waals surface area contributed by atoms with Crippen LogP contribution in [0.4, 0.5) is 0 Å². The third-order valence-corrected chi connectivity index (χ3v) is 4.03. The van der Waals surface area contributed by atoms with E-state index in [1.807, 2.05) is 0 Å². The number of amides is 2. The average Bonchev–Trinajstić information content (AvgIpc) is 3.30. The third-order valence-electron chi connectivity index (χ3n) is 4.03. The molecule has 0 aromatic carbocycles. The van der Waals surface area contributed by atoms with E-state index >= 15 is 0 Å². The van der Waals surface area contributed by atoms with E-state index in [1.54, 1.807) is 4.90 Å². The number of rotatable bonds is 6. The van der Waals surface area contributed by atoms with Gasteiger partial charge in [-0.25, -0.2) is 4.79 Å². The van der Waals surface area contributed by atoms with Crippen molar-refractivity contribution in [1.29, 1.82) is 0 Å². The largest absolute Gasteiger partial charge is 0.479 e. The van der Waals surface area contributed by atoms with Gasteiger partial charge in [-0.15, -0.1) is 0 Å². The minimum absolute atomic E-state index is 0.0154. The number of carboxylic acid groups (broad SMARTS) is 1. The Hall–Kier alpha value is -1.63. The van der Waals surface area contributed by atoms with Gasteiger partial charge in [0.15, 0.2) is 6.10 Å². The summed E-state index contributed by atoms with van der Waals surface area (Å²) in [5.41, 5.74) is 0. The van der Waals surface area contributed by atoms with E-state index in [1.165, 1.54) is 0 Å². The van der Waals surface area contributed by atoms with E-state index in [4.69, 9.17) is 10.2 Å². The summed E-state index contributed by atoms with van der Waals surface area (Å²) in [4.78, 5) is 36.3. The van der Waals surface area contributed by atoms with E-state index in [0.717, 1.165) is 32.2 Å². The van der Waals surface area contributed by atoms with Crippen molar-refractivity contribution in [2.75, 3.05) is 19.6 Å². The molecule has 118 valence electrons. The molecule has 1 aliphatic heterocycles. The van der Waals surface area contributed by atoms with Gasteiger partial charge in [0.05, 0.1) is 5.92 Å². The lowest BCUT2D eigenvalue weighted by molar-refractivity contribution is -0.147. The Labute approximate surface area is 123 Å². The summed E-state index contributed by atoms with van der Waals surface area (Å²) in [5.74, 6) is -1.36. The highest BCUT2D eigenvalue weighted by Crippen LogP contribution is 2.32. The first kappa shape index (κ1) is 15.8. The number of carbonyl (C=O) groups excluding carboxylic acids is 2. The standard InChI is InChI=1S/C14H22N2O5/c17-11(14(20)21)5-6-15-12(18)10-2-1-7-16(8-10)13(19)9-3-4-9/h9-11,17H,1-8H2,(H,15,18)(H,20,21)/t10?,11-/m0/s1. The third kappa shape index (κ3) is 4.42. The smallest absolute Gasteiger partial charge is 0.332 e. The second-order valence-corrected chi connectivity index (χ2v) is 5.83. The molecule has 0 bridgehead atoms. The van der Waals surface area contributed by atoms with Crippen molar-refractivity contribution < 1.29 is 24.6 Å². The number of nitrogens with zero attached hydrogens (tertiary/aromatic N) is 1. The van der Waals surface area contributed by atoms with Gasteiger partial charge in [-0.3, -0.25) is 9.59 Å². The molecule has 2 rings (SSSR count). The summed E-state index contributed by atoms with van der Waals surface area (Å²) in [6.45, 7) is 1.29. The van der Waals surface area contributed by atoms with Crippen molar-refractivity contribution in [1.82, 2.24) is 10.2 Å². The monoisotopic (exact) mass is 298 g/mol. The zero-order valence-electron chi connectivity index (χ0n) is 12.0. The molecule has 1 heterocycles. The SMILES string of the molecule is O=C(NCC[C@H](O)C(=O)O)C1CCCN(C(=O)C2CC2)C1. The fraction of sp³-hybridized carbons (Fsp3) is 0.786. The maximum atomic E-state index is 12.0. The second kappa shape index (κ2) is 6.89. The van der Waals surface area contributed by atoms with Crippen LogP contribution in [-0.4, -0.2) is 58.6 Å². The molecule has 1 aliphatic carbocycles. The second-order valence-electron chi connectivity index (χ2n) is 5.83. The van der Waals surface area contributed by atoms with E-state index in [0.29, 0.717) is 6.54 Å². The zero-order chi connectivity index (χ0) is 15.4. The summed E-state index contributed by atoms with van der Waals surface area (Å²) in [7, 11) is 0. The summed E-state index contributed by atoms with van der Waals surface area (Å²) in [6.07, 6.45) is 2.00. The minimum Gasteiger partial charge on any atom is -0.479 e. The fourth-order valence-corrected chi connectivity index (χ4v) is 2.58. The predicted molar refractivity (Wildman–Crippen MR) is 73.3 cm³/mol. The summed E-state index contributed by atoms with van der Waals surface area (Å²) in [5, 5.41) is 20.3. The number of nitrogens with one attached hydrogen (secondary N) is 1. The van der Waals surface area contributed by atoms with Gasteiger partial charge in [-0.05, 0) is 25.7 Å². The van der Waals surface area contributed by atoms with Crippen LogP contribution in [0.1, 0.15) is 32.1 Å². The van der Waals surface area contributed by atoms with Crippen molar-refractivity contribution in [2.45, 2.75) is 38.2 Å². The highest BCUT2D eigenvalue weighted by Gasteiger charge is 2.36. The van der Waals surface area contributed by atoms with Gasteiger partial charge in [-0.1, -0.05) is 0 Å². The van der Waals surface area contributed by atoms with Crippen molar-refractivity contribution in [3.63, 3.8) is 0 Å². The lowest BCUT2D eigenvalue weighted by atomic mass is 9.96. The Kier molecular flexibility index (Phi) is 5.17. The lowest BCUT2D eigenvalue weighted by Crippen LogP contribution is -2.46. The maximum absolute atomic E-state index is 12.0. The Morgan fingerprint density at radius 1 is 1.19 bits per heavy atom. The van der Waals surface area contributed by atoms with Crippen molar-refractivity contribution >= 4 is 17.8 Å². The number of aliphatic hydroxyl groups excluding tert-OH is 1. The molecule has 7 nitrogen and oxygen atoms in total. The van der Waals surface area contributed by atoms with Gasteiger partial charge in [0.25, 0.3) is 0 Å². The van der Waals surface area contributed by atoms with Crippen LogP contribution in [0.15, 0.2) is 0 Å². The maximum Gasteiger partial charge on any atom is 0.332 e. The molecule has 2 fully saturated rings. The van der Waals surface area contributed by atoms with Crippen LogP contribution in [0.2, 0.25) is 0 Å². The molecular formula is C14H22N2O5. The van der Waals surface area contributed by atoms with Crippen molar-refractivity contribution in [2.24, 2.45) is 11.8 Å². The Morgan fingerprint density at radius 2 is 1.90 bits per heavy atom. The molecule has 0 radical (unpaired) electrons. The van der Waals surface area contributed by atoms with E-state index in [2.05, 4.69) is 5.32 Å². The van der Waals surface area contributed by atoms with Gasteiger partial charge in [0, 0.05) is 32.0 Å². The Balaban J connectivity index is 1.73. The van der Waals surface area contributed by atoms with Gasteiger partial charge < -0.3 is 20.4 Å². The van der Waals surface area contributed by atoms with Crippen LogP contribution in [0.25, 0.3) is 0 Å². The first-order valence-electron chi connectivity index (χ1n) is 7.46. The predicted octanol–water partition coefficient (Wildman–Crippen LogP) is -0.413. The average molecular weight is 298 g/mol. The van der Waals surface area contributed by atoms with Crippen LogP contribution >= 0.6 is 0 Å². The number of aliphatic hydroxyl groups is 1. The van der Waals surface area contributed by atoms with Crippen molar-refractivity contribution in [3.05, 3.63) is 0 Å². The molecule has 0 spiro atoms. The van der Waals surface area contributed by atoms with Crippen LogP contribution in [0, 0.1) is 11.8 Å². The quantitative estimate of drug-likeness (QED) is 0.618. The van der Waals surface area contributed by atoms with Gasteiger partial charge in [0.1, 0.15) is 0 Å². The van der Waals surface area contributed by atoms with Crippen LogP contribution in [0.3, 0.4) is 0 Å². The van der Waals surface area contributed by atoms with E-state index in [9.17, 15) is 14.4 Å². The molecule has 1 saturated carbocycles. The number of aliphatic carboxylic acids is 1. The molecule has 1 unspecified atom stereocenters. The molecule has 1 saturated heterocycles. The van der Waals surface area contributed by atoms with E-state index in [-0.39, 0.29) is 36.6 Å². The summed E-state index contributed by atoms with van der Waals surface area (Å²) in [6, 6.07) is 0. The number of likely N-dealkylation sites (tertiary alicyclic amines) is 1. The molecule has 0 aromatic rings. The Morgan fingerprint density at radius 3 is 2.52 bits per heavy atom. The molecule has 7 heteroatoms. The molecule has 21 heavy (non-hydrogen) atoms. The molecular weight excluding hydrogens is 276 g/mol. The molecule has 0 aromatic heterocycles. The molecule has 3 N–H and O–H groups in total. The first-order chi connectivity index (χ1) is 9.99. The van der Waals surface area contributed by atoms with Crippen LogP contribution < -0.4 is 5.32 Å². The molecule has 2 amide bonds. The number of hydrogen-bond acceptors (Lipinski definition) is 4. The van der Waals surface area contributed by atoms with Crippen LogP contribution in [-0.2, 0) is 14.4 Å². The number of piperidine rings is 1. The number of hydrogen-bond donors (Lipinski definition) is 3. The normalized spacial score (nSPS) is 23.5. The summed E-state index contributed by atoms with van der Waals surface area (Å²) < 4.78 is 0. The number of carboxylic acids is 1. The van der Waals surface area contributed by atoms with Gasteiger partial charge >= 0.3 is 5.97 Å². The highest BCUT2D eigenvalue weighted by molar-refractivity contribution is 5.83. The van der Waals surface area contributed by atoms with Gasteiger partial charge in [-0.2, -0.15) is 0 Å². The number of carbonyl (C=O) groups is 3. The topological polar surface area (TPSA) is 107 Å². The Bertz CT molecular complexity index is 422. The molecule has 2 atom stereocenters. The lowest BCUT2D eigenvalue weighted by Gasteiger charge is -2.32. The van der Waals surface area contributed by atoms with E-state index < -0.39 is 12.1 Å². The fourth-order valence-electron chi connectivity index (χ4n) is 2.58. The summed E-state index contributed by atoms with van der Waals surface area (Å²) >= 11 is 0. The minimum atomic E-state index is -1.45. The highest BCUT2D eigenvalue weighted by atomic mass is 16.4.